The lowest BCUT2D eigenvalue weighted by Gasteiger charge is -2.09. The number of aryl methyl sites for hydroxylation is 1. The van der Waals surface area contributed by atoms with Crippen LogP contribution in [0.5, 0.6) is 0 Å². The molecule has 6 heteroatoms. The number of hydrogen-bond donors (Lipinski definition) is 2. The zero-order valence-electron chi connectivity index (χ0n) is 12.3. The molecule has 1 aromatic heterocycles. The lowest BCUT2D eigenvalue weighted by molar-refractivity contribution is 0.0905. The van der Waals surface area contributed by atoms with Gasteiger partial charge in [-0.05, 0) is 25.5 Å². The number of nitrogens with zero attached hydrogens (tertiary/aromatic N) is 3. The van der Waals surface area contributed by atoms with Crippen molar-refractivity contribution in [2.24, 2.45) is 0 Å². The molecule has 1 atom stereocenters. The van der Waals surface area contributed by atoms with Crippen LogP contribution in [0.1, 0.15) is 35.8 Å². The maximum Gasteiger partial charge on any atom is 0.273 e. The maximum absolute atomic E-state index is 11.9. The monoisotopic (exact) mass is 288 g/mol. The molecule has 2 aromatic rings. The molecule has 0 fully saturated rings. The average Bonchev–Trinajstić information content (AvgIpc) is 2.96. The van der Waals surface area contributed by atoms with Crippen molar-refractivity contribution in [2.75, 3.05) is 6.54 Å². The van der Waals surface area contributed by atoms with E-state index in [0.717, 1.165) is 17.7 Å². The number of aliphatic hydroxyl groups is 1. The second kappa shape index (κ2) is 6.99. The van der Waals surface area contributed by atoms with Crippen LogP contribution in [0.2, 0.25) is 0 Å². The molecule has 0 aliphatic rings. The fraction of sp³-hybridized carbons (Fsp3) is 0.400. The molecule has 0 radical (unpaired) electrons. The van der Waals surface area contributed by atoms with Gasteiger partial charge >= 0.3 is 0 Å². The number of benzene rings is 1. The van der Waals surface area contributed by atoms with Gasteiger partial charge in [-0.2, -0.15) is 0 Å². The van der Waals surface area contributed by atoms with Gasteiger partial charge in [-0.1, -0.05) is 36.3 Å². The first-order valence-electron chi connectivity index (χ1n) is 7.05. The Balaban J connectivity index is 1.99. The van der Waals surface area contributed by atoms with Crippen LogP contribution in [0.3, 0.4) is 0 Å². The van der Waals surface area contributed by atoms with Gasteiger partial charge in [0.1, 0.15) is 0 Å². The summed E-state index contributed by atoms with van der Waals surface area (Å²) in [5, 5.41) is 20.1. The number of carbonyl (C=O) groups excluding carboxylic acids is 1. The Labute approximate surface area is 123 Å². The van der Waals surface area contributed by atoms with Crippen molar-refractivity contribution in [1.29, 1.82) is 0 Å². The second-order valence-corrected chi connectivity index (χ2v) is 5.04. The third-order valence-corrected chi connectivity index (χ3v) is 3.14. The third kappa shape index (κ3) is 4.13. The van der Waals surface area contributed by atoms with E-state index >= 15 is 0 Å². The molecule has 0 saturated carbocycles. The van der Waals surface area contributed by atoms with Crippen LogP contribution in [0.4, 0.5) is 0 Å². The molecule has 0 aliphatic carbocycles. The molecular weight excluding hydrogens is 268 g/mol. The first kappa shape index (κ1) is 15.2. The van der Waals surface area contributed by atoms with E-state index in [0.29, 0.717) is 6.42 Å². The minimum absolute atomic E-state index is 0.226. The van der Waals surface area contributed by atoms with E-state index in [-0.39, 0.29) is 18.1 Å². The number of aliphatic hydroxyl groups excluding tert-OH is 1. The minimum Gasteiger partial charge on any atom is -0.391 e. The molecule has 0 aliphatic heterocycles. The summed E-state index contributed by atoms with van der Waals surface area (Å²) in [4.78, 5) is 11.9. The minimum atomic E-state index is -0.522. The van der Waals surface area contributed by atoms with E-state index in [4.69, 9.17) is 0 Å². The number of nitrogens with one attached hydrogen (secondary N) is 1. The number of hydrogen-bond acceptors (Lipinski definition) is 4. The van der Waals surface area contributed by atoms with Gasteiger partial charge in [0.25, 0.3) is 5.91 Å². The van der Waals surface area contributed by atoms with E-state index in [1.807, 2.05) is 38.1 Å². The highest BCUT2D eigenvalue weighted by atomic mass is 16.3. The van der Waals surface area contributed by atoms with Crippen LogP contribution in [-0.2, 0) is 0 Å². The average molecular weight is 288 g/mol. The van der Waals surface area contributed by atoms with Crippen LogP contribution in [0.15, 0.2) is 30.5 Å². The van der Waals surface area contributed by atoms with Gasteiger partial charge in [-0.3, -0.25) is 4.79 Å². The first-order valence-corrected chi connectivity index (χ1v) is 7.05. The Bertz CT molecular complexity index is 592. The fourth-order valence-corrected chi connectivity index (χ4v) is 1.93. The predicted molar refractivity (Wildman–Crippen MR) is 79.3 cm³/mol. The molecule has 0 bridgehead atoms. The smallest absolute Gasteiger partial charge is 0.273 e. The van der Waals surface area contributed by atoms with Gasteiger partial charge < -0.3 is 10.4 Å². The molecule has 112 valence electrons. The van der Waals surface area contributed by atoms with Gasteiger partial charge in [0.2, 0.25) is 0 Å². The van der Waals surface area contributed by atoms with Crippen LogP contribution in [-0.4, -0.2) is 38.7 Å². The van der Waals surface area contributed by atoms with E-state index < -0.39 is 6.10 Å². The summed E-state index contributed by atoms with van der Waals surface area (Å²) in [6.07, 6.45) is 2.59. The van der Waals surface area contributed by atoms with Crippen LogP contribution in [0, 0.1) is 6.92 Å². The highest BCUT2D eigenvalue weighted by molar-refractivity contribution is 5.91. The van der Waals surface area contributed by atoms with Crippen molar-refractivity contribution >= 4 is 5.91 Å². The number of amides is 1. The SMILES string of the molecule is CCCC(O)CNC(=O)c1cn(-c2ccc(C)cc2)nn1. The molecule has 2 N–H and O–H groups in total. The van der Waals surface area contributed by atoms with E-state index in [9.17, 15) is 9.90 Å². The first-order chi connectivity index (χ1) is 10.1. The Morgan fingerprint density at radius 1 is 1.38 bits per heavy atom. The molecule has 1 aromatic carbocycles. The van der Waals surface area contributed by atoms with Gasteiger partial charge in [-0.25, -0.2) is 4.68 Å². The van der Waals surface area contributed by atoms with E-state index in [1.165, 1.54) is 0 Å². The van der Waals surface area contributed by atoms with Crippen LogP contribution >= 0.6 is 0 Å². The second-order valence-electron chi connectivity index (χ2n) is 5.04. The number of aromatic nitrogens is 3. The third-order valence-electron chi connectivity index (χ3n) is 3.14. The molecule has 1 unspecified atom stereocenters. The van der Waals surface area contributed by atoms with E-state index in [2.05, 4.69) is 15.6 Å². The quantitative estimate of drug-likeness (QED) is 0.843. The number of rotatable bonds is 6. The summed E-state index contributed by atoms with van der Waals surface area (Å²) in [6, 6.07) is 7.77. The summed E-state index contributed by atoms with van der Waals surface area (Å²) in [5.74, 6) is -0.330. The van der Waals surface area contributed by atoms with Gasteiger partial charge in [0, 0.05) is 6.54 Å². The van der Waals surface area contributed by atoms with Gasteiger partial charge in [0.15, 0.2) is 5.69 Å². The van der Waals surface area contributed by atoms with Crippen molar-refractivity contribution in [2.45, 2.75) is 32.8 Å². The van der Waals surface area contributed by atoms with Crippen LogP contribution < -0.4 is 5.32 Å². The normalized spacial score (nSPS) is 12.1. The van der Waals surface area contributed by atoms with Crippen LogP contribution in [0.25, 0.3) is 5.69 Å². The Morgan fingerprint density at radius 2 is 2.10 bits per heavy atom. The highest BCUT2D eigenvalue weighted by Crippen LogP contribution is 2.08. The summed E-state index contributed by atoms with van der Waals surface area (Å²) in [5.41, 5.74) is 2.24. The Hall–Kier alpha value is -2.21. The van der Waals surface area contributed by atoms with Gasteiger partial charge in [-0.15, -0.1) is 5.10 Å². The topological polar surface area (TPSA) is 80.0 Å². The van der Waals surface area contributed by atoms with Crippen molar-refractivity contribution < 1.29 is 9.90 Å². The van der Waals surface area contributed by atoms with Crippen molar-refractivity contribution in [3.8, 4) is 5.69 Å². The maximum atomic E-state index is 11.9. The van der Waals surface area contributed by atoms with Crippen molar-refractivity contribution in [3.05, 3.63) is 41.7 Å². The predicted octanol–water partition coefficient (Wildman–Crippen LogP) is 1.47. The largest absolute Gasteiger partial charge is 0.391 e. The zero-order chi connectivity index (χ0) is 15.2. The van der Waals surface area contributed by atoms with E-state index in [1.54, 1.807) is 10.9 Å². The molecule has 6 nitrogen and oxygen atoms in total. The molecule has 21 heavy (non-hydrogen) atoms. The molecule has 2 rings (SSSR count). The summed E-state index contributed by atoms with van der Waals surface area (Å²) in [6.45, 7) is 4.22. The van der Waals surface area contributed by atoms with Gasteiger partial charge in [0.05, 0.1) is 18.0 Å². The Kier molecular flexibility index (Phi) is 5.05. The molecule has 1 amide bonds. The highest BCUT2D eigenvalue weighted by Gasteiger charge is 2.12. The molecule has 0 saturated heterocycles. The fourth-order valence-electron chi connectivity index (χ4n) is 1.93. The summed E-state index contributed by atoms with van der Waals surface area (Å²) < 4.78 is 1.55. The standard InChI is InChI=1S/C15H20N4O2/c1-3-4-13(20)9-16-15(21)14-10-19(18-17-14)12-7-5-11(2)6-8-12/h5-8,10,13,20H,3-4,9H2,1-2H3,(H,16,21). The van der Waals surface area contributed by atoms with Crippen molar-refractivity contribution in [1.82, 2.24) is 20.3 Å². The molecular formula is C15H20N4O2. The molecule has 0 spiro atoms. The zero-order valence-corrected chi connectivity index (χ0v) is 12.3. The molecule has 1 heterocycles. The number of carbonyl (C=O) groups is 1. The lowest BCUT2D eigenvalue weighted by atomic mass is 10.2. The van der Waals surface area contributed by atoms with Crippen molar-refractivity contribution in [3.63, 3.8) is 0 Å². The summed E-state index contributed by atoms with van der Waals surface area (Å²) in [7, 11) is 0. The summed E-state index contributed by atoms with van der Waals surface area (Å²) >= 11 is 0. The lowest BCUT2D eigenvalue weighted by Crippen LogP contribution is -2.32. The Morgan fingerprint density at radius 3 is 2.76 bits per heavy atom.